The largest absolute Gasteiger partial charge is 0.391 e. The smallest absolute Gasteiger partial charge is 0.223 e. The van der Waals surface area contributed by atoms with Crippen molar-refractivity contribution in [2.24, 2.45) is 5.92 Å². The summed E-state index contributed by atoms with van der Waals surface area (Å²) in [7, 11) is 0. The van der Waals surface area contributed by atoms with Crippen molar-refractivity contribution in [2.45, 2.75) is 57.7 Å². The normalized spacial score (nSPS) is 30.1. The molecule has 1 N–H and O–H groups in total. The van der Waals surface area contributed by atoms with Gasteiger partial charge in [0.25, 0.3) is 0 Å². The summed E-state index contributed by atoms with van der Waals surface area (Å²) in [4.78, 5) is 13.5. The third kappa shape index (κ3) is 1.65. The number of hydrogen-bond acceptors (Lipinski definition) is 2. The van der Waals surface area contributed by atoms with Crippen molar-refractivity contribution in [1.29, 1.82) is 0 Å². The Bertz CT molecular complexity index is 235. The van der Waals surface area contributed by atoms with Gasteiger partial charge in [0.1, 0.15) is 0 Å². The van der Waals surface area contributed by atoms with Gasteiger partial charge >= 0.3 is 0 Å². The first-order valence-corrected chi connectivity index (χ1v) is 5.60. The van der Waals surface area contributed by atoms with Gasteiger partial charge in [-0.25, -0.2) is 0 Å². The summed E-state index contributed by atoms with van der Waals surface area (Å²) in [6, 6.07) is 0.318. The quantitative estimate of drug-likeness (QED) is 0.737. The van der Waals surface area contributed by atoms with Gasteiger partial charge in [0.15, 0.2) is 0 Å². The minimum Gasteiger partial charge on any atom is -0.391 e. The lowest BCUT2D eigenvalue weighted by atomic mass is 10.0. The maximum absolute atomic E-state index is 11.6. The Morgan fingerprint density at radius 1 is 1.36 bits per heavy atom. The lowest BCUT2D eigenvalue weighted by Gasteiger charge is -2.32. The third-order valence-electron chi connectivity index (χ3n) is 3.35. The Labute approximate surface area is 85.1 Å². The second-order valence-electron chi connectivity index (χ2n) is 4.83. The zero-order valence-electron chi connectivity index (χ0n) is 8.94. The molecular weight excluding hydrogens is 178 g/mol. The molecule has 1 aliphatic carbocycles. The minimum atomic E-state index is -0.274. The predicted octanol–water partition coefficient (Wildman–Crippen LogP) is 1.16. The first-order valence-electron chi connectivity index (χ1n) is 5.60. The third-order valence-corrected chi connectivity index (χ3v) is 3.35. The van der Waals surface area contributed by atoms with Crippen LogP contribution in [0.1, 0.15) is 39.5 Å². The van der Waals surface area contributed by atoms with Gasteiger partial charge in [-0.15, -0.1) is 0 Å². The molecule has 2 fully saturated rings. The van der Waals surface area contributed by atoms with Gasteiger partial charge in [-0.1, -0.05) is 0 Å². The van der Waals surface area contributed by atoms with Crippen LogP contribution in [0.3, 0.4) is 0 Å². The molecule has 1 heterocycles. The van der Waals surface area contributed by atoms with E-state index in [9.17, 15) is 9.90 Å². The van der Waals surface area contributed by atoms with E-state index in [4.69, 9.17) is 0 Å². The van der Waals surface area contributed by atoms with Crippen LogP contribution in [0.15, 0.2) is 0 Å². The first-order chi connectivity index (χ1) is 6.61. The van der Waals surface area contributed by atoms with E-state index >= 15 is 0 Å². The van der Waals surface area contributed by atoms with Gasteiger partial charge in [0, 0.05) is 12.5 Å². The fraction of sp³-hybridized carbons (Fsp3) is 0.909. The molecule has 2 unspecified atom stereocenters. The van der Waals surface area contributed by atoms with Crippen molar-refractivity contribution in [2.75, 3.05) is 0 Å². The van der Waals surface area contributed by atoms with Crippen LogP contribution in [0, 0.1) is 5.92 Å². The number of nitrogens with zero attached hydrogens (tertiary/aromatic N) is 1. The highest BCUT2D eigenvalue weighted by atomic mass is 16.3. The van der Waals surface area contributed by atoms with E-state index in [2.05, 4.69) is 0 Å². The molecule has 14 heavy (non-hydrogen) atoms. The van der Waals surface area contributed by atoms with E-state index in [-0.39, 0.29) is 24.1 Å². The van der Waals surface area contributed by atoms with Crippen molar-refractivity contribution in [3.8, 4) is 0 Å². The van der Waals surface area contributed by atoms with Crippen molar-refractivity contribution < 1.29 is 9.90 Å². The Balaban J connectivity index is 2.06. The van der Waals surface area contributed by atoms with Gasteiger partial charge in [-0.05, 0) is 39.0 Å². The SMILES string of the molecule is CC(C)N1C(=O)CCC1C(O)C1CC1. The predicted molar refractivity (Wildman–Crippen MR) is 53.7 cm³/mol. The lowest BCUT2D eigenvalue weighted by molar-refractivity contribution is -0.132. The van der Waals surface area contributed by atoms with Crippen LogP contribution in [0.2, 0.25) is 0 Å². The molecular formula is C11H19NO2. The Hall–Kier alpha value is -0.570. The number of aliphatic hydroxyl groups excluding tert-OH is 1. The summed E-state index contributed by atoms with van der Waals surface area (Å²) >= 11 is 0. The number of amides is 1. The van der Waals surface area contributed by atoms with Gasteiger partial charge in [-0.3, -0.25) is 4.79 Å². The molecule has 3 nitrogen and oxygen atoms in total. The molecule has 0 aromatic rings. The molecule has 1 aliphatic heterocycles. The fourth-order valence-electron chi connectivity index (χ4n) is 2.48. The highest BCUT2D eigenvalue weighted by Crippen LogP contribution is 2.38. The van der Waals surface area contributed by atoms with Crippen molar-refractivity contribution in [3.63, 3.8) is 0 Å². The molecule has 3 heteroatoms. The van der Waals surface area contributed by atoms with Crippen molar-refractivity contribution in [3.05, 3.63) is 0 Å². The number of carbonyl (C=O) groups is 1. The molecule has 1 saturated heterocycles. The van der Waals surface area contributed by atoms with Crippen LogP contribution in [0.25, 0.3) is 0 Å². The van der Waals surface area contributed by atoms with E-state index in [1.165, 1.54) is 0 Å². The second kappa shape index (κ2) is 3.54. The molecule has 0 radical (unpaired) electrons. The van der Waals surface area contributed by atoms with Gasteiger partial charge in [0.2, 0.25) is 5.91 Å². The van der Waals surface area contributed by atoms with Crippen LogP contribution in [-0.4, -0.2) is 34.1 Å². The number of carbonyl (C=O) groups excluding carboxylic acids is 1. The summed E-state index contributed by atoms with van der Waals surface area (Å²) in [6.07, 6.45) is 3.46. The van der Waals surface area contributed by atoms with Gasteiger partial charge < -0.3 is 10.0 Å². The van der Waals surface area contributed by atoms with Crippen LogP contribution >= 0.6 is 0 Å². The van der Waals surface area contributed by atoms with Gasteiger partial charge in [-0.2, -0.15) is 0 Å². The van der Waals surface area contributed by atoms with Gasteiger partial charge in [0.05, 0.1) is 12.1 Å². The zero-order chi connectivity index (χ0) is 10.3. The monoisotopic (exact) mass is 197 g/mol. The fourth-order valence-corrected chi connectivity index (χ4v) is 2.48. The van der Waals surface area contributed by atoms with Crippen LogP contribution < -0.4 is 0 Å². The van der Waals surface area contributed by atoms with E-state index < -0.39 is 0 Å². The minimum absolute atomic E-state index is 0.0926. The maximum atomic E-state index is 11.6. The molecule has 2 atom stereocenters. The van der Waals surface area contributed by atoms with E-state index in [1.807, 2.05) is 18.7 Å². The number of aliphatic hydroxyl groups is 1. The molecule has 80 valence electrons. The van der Waals surface area contributed by atoms with E-state index in [0.717, 1.165) is 19.3 Å². The van der Waals surface area contributed by atoms with Crippen molar-refractivity contribution in [1.82, 2.24) is 4.90 Å². The molecule has 1 saturated carbocycles. The molecule has 1 amide bonds. The Kier molecular flexibility index (Phi) is 2.52. The molecule has 2 rings (SSSR count). The summed E-state index contributed by atoms with van der Waals surface area (Å²) in [5.74, 6) is 0.678. The lowest BCUT2D eigenvalue weighted by Crippen LogP contribution is -2.45. The van der Waals surface area contributed by atoms with E-state index in [1.54, 1.807) is 0 Å². The molecule has 0 spiro atoms. The van der Waals surface area contributed by atoms with Crippen LogP contribution in [-0.2, 0) is 4.79 Å². The molecule has 0 aromatic heterocycles. The zero-order valence-corrected chi connectivity index (χ0v) is 8.94. The highest BCUT2D eigenvalue weighted by molar-refractivity contribution is 5.79. The van der Waals surface area contributed by atoms with E-state index in [0.29, 0.717) is 12.3 Å². The Morgan fingerprint density at radius 2 is 2.00 bits per heavy atom. The molecule has 2 aliphatic rings. The number of hydrogen-bond donors (Lipinski definition) is 1. The summed E-state index contributed by atoms with van der Waals surface area (Å²) < 4.78 is 0. The first kappa shape index (κ1) is 9.97. The summed E-state index contributed by atoms with van der Waals surface area (Å²) in [5.41, 5.74) is 0. The Morgan fingerprint density at radius 3 is 2.50 bits per heavy atom. The summed E-state index contributed by atoms with van der Waals surface area (Å²) in [6.45, 7) is 4.05. The number of rotatable bonds is 3. The highest BCUT2D eigenvalue weighted by Gasteiger charge is 2.43. The molecule has 0 bridgehead atoms. The van der Waals surface area contributed by atoms with Crippen LogP contribution in [0.4, 0.5) is 0 Å². The van der Waals surface area contributed by atoms with Crippen LogP contribution in [0.5, 0.6) is 0 Å². The maximum Gasteiger partial charge on any atom is 0.223 e. The average molecular weight is 197 g/mol. The summed E-state index contributed by atoms with van der Waals surface area (Å²) in [5, 5.41) is 10.0. The average Bonchev–Trinajstić information content (AvgIpc) is 2.88. The standard InChI is InChI=1S/C11H19NO2/c1-7(2)12-9(5-6-10(12)13)11(14)8-3-4-8/h7-9,11,14H,3-6H2,1-2H3. The topological polar surface area (TPSA) is 40.5 Å². The van der Waals surface area contributed by atoms with Crippen molar-refractivity contribution >= 4 is 5.91 Å². The second-order valence-corrected chi connectivity index (χ2v) is 4.83. The molecule has 0 aromatic carbocycles. The number of likely N-dealkylation sites (tertiary alicyclic amines) is 1.